The first-order valence-electron chi connectivity index (χ1n) is 6.44. The van der Waals surface area contributed by atoms with E-state index in [4.69, 9.17) is 16.3 Å². The number of aliphatic hydroxyl groups is 1. The Morgan fingerprint density at radius 1 is 1.40 bits per heavy atom. The van der Waals surface area contributed by atoms with Gasteiger partial charge in [0.1, 0.15) is 18.5 Å². The molecule has 1 heterocycles. The number of benzene rings is 1. The Hall–Kier alpha value is -1.07. The van der Waals surface area contributed by atoms with Gasteiger partial charge in [0.25, 0.3) is 0 Å². The van der Waals surface area contributed by atoms with E-state index in [2.05, 4.69) is 16.8 Å². The summed E-state index contributed by atoms with van der Waals surface area (Å²) in [5.41, 5.74) is 2.20. The molecule has 0 bridgehead atoms. The van der Waals surface area contributed by atoms with Gasteiger partial charge in [0.15, 0.2) is 0 Å². The number of aliphatic hydroxyl groups excluding tert-OH is 1. The fourth-order valence-corrected chi connectivity index (χ4v) is 2.52. The molecule has 0 amide bonds. The summed E-state index contributed by atoms with van der Waals surface area (Å²) in [6.45, 7) is 3.45. The lowest BCUT2D eigenvalue weighted by atomic mass is 10.2. The number of nitrogens with one attached hydrogen (secondary N) is 1. The van der Waals surface area contributed by atoms with Crippen LogP contribution in [0.25, 0.3) is 0 Å². The van der Waals surface area contributed by atoms with E-state index in [1.165, 1.54) is 5.56 Å². The third kappa shape index (κ3) is 4.80. The van der Waals surface area contributed by atoms with Gasteiger partial charge in [-0.25, -0.2) is 0 Å². The predicted octanol–water partition coefficient (Wildman–Crippen LogP) is 3.24. The Kier molecular flexibility index (Phi) is 5.86. The molecule has 0 spiro atoms. The maximum Gasteiger partial charge on any atom is 0.119 e. The molecule has 2 N–H and O–H groups in total. The van der Waals surface area contributed by atoms with E-state index in [-0.39, 0.29) is 6.61 Å². The summed E-state index contributed by atoms with van der Waals surface area (Å²) in [7, 11) is 0. The average Bonchev–Trinajstić information content (AvgIpc) is 2.93. The molecule has 0 fully saturated rings. The normalized spacial score (nSPS) is 12.3. The molecule has 1 aromatic carbocycles. The lowest BCUT2D eigenvalue weighted by Gasteiger charge is -2.13. The number of hydrogen-bond donors (Lipinski definition) is 2. The van der Waals surface area contributed by atoms with Crippen molar-refractivity contribution in [3.63, 3.8) is 0 Å². The van der Waals surface area contributed by atoms with Crippen molar-refractivity contribution in [1.82, 2.24) is 5.32 Å². The van der Waals surface area contributed by atoms with Gasteiger partial charge < -0.3 is 15.2 Å². The monoisotopic (exact) mass is 311 g/mol. The fraction of sp³-hybridized carbons (Fsp3) is 0.333. The molecule has 1 atom stereocenters. The smallest absolute Gasteiger partial charge is 0.119 e. The molecule has 1 unspecified atom stereocenters. The highest BCUT2D eigenvalue weighted by Gasteiger charge is 2.06. The fourth-order valence-electron chi connectivity index (χ4n) is 1.73. The minimum Gasteiger partial charge on any atom is -0.491 e. The molecular formula is C15H18ClNO2S. The highest BCUT2D eigenvalue weighted by molar-refractivity contribution is 7.07. The Balaban J connectivity index is 1.69. The Labute approximate surface area is 128 Å². The zero-order valence-corrected chi connectivity index (χ0v) is 12.9. The second kappa shape index (κ2) is 7.64. The van der Waals surface area contributed by atoms with Crippen LogP contribution < -0.4 is 10.1 Å². The standard InChI is InChI=1S/C15H18ClNO2S/c1-11-6-14(2-3-15(11)16)19-9-13(18)8-17-7-12-4-5-20-10-12/h2-6,10,13,17-18H,7-9H2,1H3. The molecule has 0 saturated heterocycles. The third-order valence-electron chi connectivity index (χ3n) is 2.86. The maximum absolute atomic E-state index is 9.85. The van der Waals surface area contributed by atoms with E-state index < -0.39 is 6.10 Å². The summed E-state index contributed by atoms with van der Waals surface area (Å²) in [5.74, 6) is 0.726. The van der Waals surface area contributed by atoms with Crippen LogP contribution in [0.5, 0.6) is 5.75 Å². The first kappa shape index (κ1) is 15.3. The van der Waals surface area contributed by atoms with Crippen molar-refractivity contribution >= 4 is 22.9 Å². The van der Waals surface area contributed by atoms with E-state index in [9.17, 15) is 5.11 Å². The zero-order chi connectivity index (χ0) is 14.4. The van der Waals surface area contributed by atoms with Crippen LogP contribution in [0.4, 0.5) is 0 Å². The topological polar surface area (TPSA) is 41.5 Å². The third-order valence-corrected chi connectivity index (χ3v) is 4.02. The van der Waals surface area contributed by atoms with Gasteiger partial charge >= 0.3 is 0 Å². The molecule has 2 aromatic rings. The summed E-state index contributed by atoms with van der Waals surface area (Å²) in [4.78, 5) is 0. The van der Waals surface area contributed by atoms with Crippen molar-refractivity contribution in [2.45, 2.75) is 19.6 Å². The molecule has 3 nitrogen and oxygen atoms in total. The average molecular weight is 312 g/mol. The van der Waals surface area contributed by atoms with Crippen molar-refractivity contribution in [1.29, 1.82) is 0 Å². The van der Waals surface area contributed by atoms with Crippen LogP contribution in [-0.2, 0) is 6.54 Å². The second-order valence-corrected chi connectivity index (χ2v) is 5.83. The molecule has 1 aromatic heterocycles. The summed E-state index contributed by atoms with van der Waals surface area (Å²) >= 11 is 7.62. The summed E-state index contributed by atoms with van der Waals surface area (Å²) in [6.07, 6.45) is -0.537. The van der Waals surface area contributed by atoms with E-state index >= 15 is 0 Å². The Morgan fingerprint density at radius 2 is 2.25 bits per heavy atom. The van der Waals surface area contributed by atoms with Gasteiger partial charge in [-0.1, -0.05) is 11.6 Å². The molecule has 0 aliphatic rings. The molecule has 5 heteroatoms. The van der Waals surface area contributed by atoms with E-state index in [1.54, 1.807) is 23.5 Å². The number of hydrogen-bond acceptors (Lipinski definition) is 4. The number of halogens is 1. The lowest BCUT2D eigenvalue weighted by molar-refractivity contribution is 0.106. The van der Waals surface area contributed by atoms with Crippen molar-refractivity contribution in [3.05, 3.63) is 51.2 Å². The zero-order valence-electron chi connectivity index (χ0n) is 11.3. The quantitative estimate of drug-likeness (QED) is 0.825. The highest BCUT2D eigenvalue weighted by atomic mass is 35.5. The van der Waals surface area contributed by atoms with Gasteiger partial charge in [-0.3, -0.25) is 0 Å². The minimum atomic E-state index is -0.537. The summed E-state index contributed by atoms with van der Waals surface area (Å²) < 4.78 is 5.54. The highest BCUT2D eigenvalue weighted by Crippen LogP contribution is 2.21. The van der Waals surface area contributed by atoms with Crippen LogP contribution in [-0.4, -0.2) is 24.4 Å². The number of rotatable bonds is 7. The van der Waals surface area contributed by atoms with Crippen LogP contribution in [0.3, 0.4) is 0 Å². The molecule has 0 aliphatic carbocycles. The SMILES string of the molecule is Cc1cc(OCC(O)CNCc2ccsc2)ccc1Cl. The van der Waals surface area contributed by atoms with Gasteiger partial charge in [0.05, 0.1) is 0 Å². The first-order chi connectivity index (χ1) is 9.65. The summed E-state index contributed by atoms with van der Waals surface area (Å²) in [6, 6.07) is 7.54. The molecule has 108 valence electrons. The van der Waals surface area contributed by atoms with Gasteiger partial charge in [-0.15, -0.1) is 0 Å². The van der Waals surface area contributed by atoms with Gasteiger partial charge in [0, 0.05) is 18.1 Å². The van der Waals surface area contributed by atoms with Gasteiger partial charge in [-0.05, 0) is 53.1 Å². The minimum absolute atomic E-state index is 0.262. The molecule has 0 radical (unpaired) electrons. The van der Waals surface area contributed by atoms with Crippen molar-refractivity contribution in [2.24, 2.45) is 0 Å². The van der Waals surface area contributed by atoms with Crippen LogP contribution in [0.2, 0.25) is 5.02 Å². The number of aryl methyl sites for hydroxylation is 1. The van der Waals surface area contributed by atoms with Gasteiger partial charge in [-0.2, -0.15) is 11.3 Å². The summed E-state index contributed by atoms with van der Waals surface area (Å²) in [5, 5.41) is 17.9. The van der Waals surface area contributed by atoms with Crippen molar-refractivity contribution < 1.29 is 9.84 Å². The van der Waals surface area contributed by atoms with E-state index in [0.29, 0.717) is 6.54 Å². The Morgan fingerprint density at radius 3 is 2.95 bits per heavy atom. The molecule has 0 saturated carbocycles. The van der Waals surface area contributed by atoms with Crippen LogP contribution in [0, 0.1) is 6.92 Å². The van der Waals surface area contributed by atoms with Gasteiger partial charge in [0.2, 0.25) is 0 Å². The number of ether oxygens (including phenoxy) is 1. The van der Waals surface area contributed by atoms with Crippen molar-refractivity contribution in [2.75, 3.05) is 13.2 Å². The van der Waals surface area contributed by atoms with Crippen LogP contribution in [0.1, 0.15) is 11.1 Å². The molecular weight excluding hydrogens is 294 g/mol. The van der Waals surface area contributed by atoms with Crippen LogP contribution >= 0.6 is 22.9 Å². The molecule has 20 heavy (non-hydrogen) atoms. The second-order valence-electron chi connectivity index (χ2n) is 4.64. The van der Waals surface area contributed by atoms with Crippen molar-refractivity contribution in [3.8, 4) is 5.75 Å². The lowest BCUT2D eigenvalue weighted by Crippen LogP contribution is -2.31. The maximum atomic E-state index is 9.85. The van der Waals surface area contributed by atoms with Crippen LogP contribution in [0.15, 0.2) is 35.0 Å². The van der Waals surface area contributed by atoms with E-state index in [1.807, 2.05) is 18.4 Å². The predicted molar refractivity (Wildman–Crippen MR) is 83.7 cm³/mol. The van der Waals surface area contributed by atoms with E-state index in [0.717, 1.165) is 22.9 Å². The molecule has 2 rings (SSSR count). The number of thiophene rings is 1. The molecule has 0 aliphatic heterocycles. The first-order valence-corrected chi connectivity index (χ1v) is 7.76. The Bertz CT molecular complexity index is 531. The largest absolute Gasteiger partial charge is 0.491 e.